The van der Waals surface area contributed by atoms with Crippen molar-refractivity contribution < 1.29 is 0 Å². The number of aromatic nitrogens is 2. The molecular formula is C5H6BClN3. The quantitative estimate of drug-likeness (QED) is 0.583. The van der Waals surface area contributed by atoms with Crippen LogP contribution < -0.4 is 11.2 Å². The zero-order valence-corrected chi connectivity index (χ0v) is 6.26. The first kappa shape index (κ1) is 7.34. The third-order valence-corrected chi connectivity index (χ3v) is 1.32. The van der Waals surface area contributed by atoms with Crippen molar-refractivity contribution in [2.45, 2.75) is 6.82 Å². The Morgan fingerprint density at radius 1 is 1.60 bits per heavy atom. The van der Waals surface area contributed by atoms with Crippen molar-refractivity contribution in [1.29, 1.82) is 0 Å². The highest BCUT2D eigenvalue weighted by atomic mass is 35.5. The van der Waals surface area contributed by atoms with Crippen LogP contribution in [0, 0.1) is 0 Å². The minimum Gasteiger partial charge on any atom is -0.383 e. The number of rotatable bonds is 1. The molecule has 1 aromatic heterocycles. The van der Waals surface area contributed by atoms with Crippen LogP contribution in [-0.2, 0) is 0 Å². The van der Waals surface area contributed by atoms with Gasteiger partial charge in [0.05, 0.1) is 0 Å². The Kier molecular flexibility index (Phi) is 2.11. The third-order valence-electron chi connectivity index (χ3n) is 1.13. The first-order chi connectivity index (χ1) is 4.74. The van der Waals surface area contributed by atoms with E-state index in [-0.39, 0.29) is 0 Å². The second-order valence-corrected chi connectivity index (χ2v) is 2.18. The highest BCUT2D eigenvalue weighted by molar-refractivity contribution is 6.54. The summed E-state index contributed by atoms with van der Waals surface area (Å²) >= 11 is 5.55. The zero-order chi connectivity index (χ0) is 7.56. The van der Waals surface area contributed by atoms with Gasteiger partial charge in [-0.1, -0.05) is 18.4 Å². The van der Waals surface area contributed by atoms with Crippen molar-refractivity contribution >= 4 is 30.2 Å². The van der Waals surface area contributed by atoms with E-state index in [1.807, 2.05) is 14.1 Å². The van der Waals surface area contributed by atoms with Crippen molar-refractivity contribution in [3.63, 3.8) is 0 Å². The number of halogens is 1. The fourth-order valence-electron chi connectivity index (χ4n) is 0.622. The molecule has 51 valence electrons. The molecule has 5 heteroatoms. The van der Waals surface area contributed by atoms with E-state index >= 15 is 0 Å². The van der Waals surface area contributed by atoms with Gasteiger partial charge in [0.25, 0.3) is 0 Å². The molecule has 0 bridgehead atoms. The molecule has 0 amide bonds. The average molecular weight is 154 g/mol. The van der Waals surface area contributed by atoms with Gasteiger partial charge in [-0.3, -0.25) is 0 Å². The van der Waals surface area contributed by atoms with Gasteiger partial charge >= 0.3 is 0 Å². The van der Waals surface area contributed by atoms with Crippen LogP contribution in [0.3, 0.4) is 0 Å². The standard InChI is InChI=1S/C5H6BClN3/c1-6-3-2-4(7)9-10-5(3)8/h2H,1H3,(H2,8,10). The molecule has 0 aliphatic heterocycles. The molecule has 0 saturated carbocycles. The van der Waals surface area contributed by atoms with E-state index in [0.29, 0.717) is 11.0 Å². The summed E-state index contributed by atoms with van der Waals surface area (Å²) < 4.78 is 0. The summed E-state index contributed by atoms with van der Waals surface area (Å²) in [5.41, 5.74) is 6.26. The Labute approximate surface area is 64.8 Å². The zero-order valence-electron chi connectivity index (χ0n) is 5.50. The van der Waals surface area contributed by atoms with Crippen LogP contribution in [-0.4, -0.2) is 17.5 Å². The van der Waals surface area contributed by atoms with E-state index in [2.05, 4.69) is 10.2 Å². The van der Waals surface area contributed by atoms with Gasteiger partial charge < -0.3 is 5.73 Å². The Morgan fingerprint density at radius 3 is 2.80 bits per heavy atom. The molecule has 0 fully saturated rings. The SMILES string of the molecule is C[B]c1cc(Cl)nnc1N. The predicted octanol–water partition coefficient (Wildman–Crippen LogP) is 0.0898. The third kappa shape index (κ3) is 1.39. The van der Waals surface area contributed by atoms with Crippen molar-refractivity contribution in [3.05, 3.63) is 11.2 Å². The molecule has 1 rings (SSSR count). The summed E-state index contributed by atoms with van der Waals surface area (Å²) in [5, 5.41) is 7.54. The molecule has 2 N–H and O–H groups in total. The topological polar surface area (TPSA) is 51.8 Å². The molecule has 0 saturated heterocycles. The van der Waals surface area contributed by atoms with Gasteiger partial charge in [0, 0.05) is 0 Å². The fourth-order valence-corrected chi connectivity index (χ4v) is 0.777. The molecule has 0 spiro atoms. The van der Waals surface area contributed by atoms with E-state index in [9.17, 15) is 0 Å². The number of hydrogen-bond donors (Lipinski definition) is 1. The van der Waals surface area contributed by atoms with Crippen LogP contribution in [0.5, 0.6) is 0 Å². The van der Waals surface area contributed by atoms with Crippen molar-refractivity contribution in [2.24, 2.45) is 0 Å². The maximum Gasteiger partial charge on any atom is 0.153 e. The van der Waals surface area contributed by atoms with Crippen LogP contribution >= 0.6 is 11.6 Å². The maximum absolute atomic E-state index is 5.55. The minimum atomic E-state index is 0.363. The highest BCUT2D eigenvalue weighted by Gasteiger charge is 1.99. The Morgan fingerprint density at radius 2 is 2.30 bits per heavy atom. The van der Waals surface area contributed by atoms with Gasteiger partial charge in [-0.05, 0) is 11.5 Å². The summed E-state index contributed by atoms with van der Waals surface area (Å²) in [6, 6.07) is 1.67. The van der Waals surface area contributed by atoms with Gasteiger partial charge in [-0.15, -0.1) is 10.2 Å². The minimum absolute atomic E-state index is 0.363. The first-order valence-electron chi connectivity index (χ1n) is 2.82. The molecule has 1 radical (unpaired) electrons. The van der Waals surface area contributed by atoms with Crippen molar-refractivity contribution in [3.8, 4) is 0 Å². The van der Waals surface area contributed by atoms with Gasteiger partial charge in [0.2, 0.25) is 0 Å². The fraction of sp³-hybridized carbons (Fsp3) is 0.200. The lowest BCUT2D eigenvalue weighted by molar-refractivity contribution is 1.05. The number of nitrogens with two attached hydrogens (primary N) is 1. The molecular weight excluding hydrogens is 148 g/mol. The van der Waals surface area contributed by atoms with Gasteiger partial charge in [-0.2, -0.15) is 0 Å². The maximum atomic E-state index is 5.55. The number of hydrogen-bond acceptors (Lipinski definition) is 3. The summed E-state index contributed by atoms with van der Waals surface area (Å²) in [6.45, 7) is 1.86. The lowest BCUT2D eigenvalue weighted by atomic mass is 9.74. The predicted molar refractivity (Wildman–Crippen MR) is 42.7 cm³/mol. The average Bonchev–Trinajstić information content (AvgIpc) is 1.94. The van der Waals surface area contributed by atoms with Crippen LogP contribution in [0.25, 0.3) is 0 Å². The lowest BCUT2D eigenvalue weighted by Gasteiger charge is -1.97. The molecule has 0 unspecified atom stereocenters. The Hall–Kier alpha value is -0.765. The summed E-state index contributed by atoms with van der Waals surface area (Å²) in [7, 11) is 1.83. The second kappa shape index (κ2) is 2.88. The van der Waals surface area contributed by atoms with Crippen LogP contribution in [0.2, 0.25) is 12.0 Å². The molecule has 0 aliphatic carbocycles. The molecule has 3 nitrogen and oxygen atoms in total. The summed E-state index contributed by atoms with van der Waals surface area (Å²) in [5.74, 6) is 0.409. The monoisotopic (exact) mass is 154 g/mol. The summed E-state index contributed by atoms with van der Waals surface area (Å²) in [4.78, 5) is 0. The van der Waals surface area contributed by atoms with Gasteiger partial charge in [0.15, 0.2) is 12.4 Å². The smallest absolute Gasteiger partial charge is 0.153 e. The molecule has 0 aliphatic rings. The number of nitrogen functional groups attached to an aromatic ring is 1. The Balaban J connectivity index is 3.09. The van der Waals surface area contributed by atoms with Gasteiger partial charge in [-0.25, -0.2) is 0 Å². The molecule has 1 heterocycles. The van der Waals surface area contributed by atoms with E-state index < -0.39 is 0 Å². The largest absolute Gasteiger partial charge is 0.383 e. The van der Waals surface area contributed by atoms with Crippen LogP contribution in [0.4, 0.5) is 5.82 Å². The molecule has 1 aromatic rings. The van der Waals surface area contributed by atoms with Crippen molar-refractivity contribution in [2.75, 3.05) is 5.73 Å². The Bertz CT molecular complexity index is 240. The highest BCUT2D eigenvalue weighted by Crippen LogP contribution is 1.99. The molecule has 0 aromatic carbocycles. The normalized spacial score (nSPS) is 9.40. The lowest BCUT2D eigenvalue weighted by Crippen LogP contribution is -2.18. The van der Waals surface area contributed by atoms with Crippen LogP contribution in [0.1, 0.15) is 0 Å². The number of nitrogens with zero attached hydrogens (tertiary/aromatic N) is 2. The first-order valence-corrected chi connectivity index (χ1v) is 3.20. The second-order valence-electron chi connectivity index (χ2n) is 1.80. The van der Waals surface area contributed by atoms with E-state index in [1.165, 1.54) is 0 Å². The summed E-state index contributed by atoms with van der Waals surface area (Å²) in [6.07, 6.45) is 0. The van der Waals surface area contributed by atoms with Crippen LogP contribution in [0.15, 0.2) is 6.07 Å². The molecule has 10 heavy (non-hydrogen) atoms. The van der Waals surface area contributed by atoms with Crippen molar-refractivity contribution in [1.82, 2.24) is 10.2 Å². The van der Waals surface area contributed by atoms with E-state index in [1.54, 1.807) is 6.07 Å². The molecule has 0 atom stereocenters. The van der Waals surface area contributed by atoms with E-state index in [0.717, 1.165) is 5.46 Å². The van der Waals surface area contributed by atoms with E-state index in [4.69, 9.17) is 17.3 Å². The van der Waals surface area contributed by atoms with Gasteiger partial charge in [0.1, 0.15) is 5.82 Å². The number of anilines is 1.